The number of carbonyl (C=O) groups is 1. The lowest BCUT2D eigenvalue weighted by atomic mass is 9.81. The van der Waals surface area contributed by atoms with Gasteiger partial charge in [0.05, 0.1) is 5.54 Å². The molecule has 0 aliphatic carbocycles. The predicted molar refractivity (Wildman–Crippen MR) is 78.9 cm³/mol. The van der Waals surface area contributed by atoms with Gasteiger partial charge in [-0.25, -0.2) is 4.79 Å². The van der Waals surface area contributed by atoms with Crippen LogP contribution in [-0.2, 0) is 4.74 Å². The molecule has 1 atom stereocenters. The fourth-order valence-corrected chi connectivity index (χ4v) is 3.09. The summed E-state index contributed by atoms with van der Waals surface area (Å²) in [7, 11) is 0. The molecule has 4 nitrogen and oxygen atoms in total. The first-order valence-electron chi connectivity index (χ1n) is 7.14. The number of nitrogens with zero attached hydrogens (tertiary/aromatic N) is 1. The molecule has 1 spiro atoms. The molecule has 0 bridgehead atoms. The Morgan fingerprint density at radius 3 is 2.47 bits per heavy atom. The molecule has 1 amide bonds. The summed E-state index contributed by atoms with van der Waals surface area (Å²) in [6.45, 7) is 8.63. The fourth-order valence-electron chi connectivity index (χ4n) is 3.09. The van der Waals surface area contributed by atoms with E-state index in [1.165, 1.54) is 6.42 Å². The summed E-state index contributed by atoms with van der Waals surface area (Å²) in [5.41, 5.74) is -0.392. The number of carbonyl (C=O) groups excluding carboxylic acids is 1. The molecule has 2 heterocycles. The molecule has 0 aromatic rings. The molecule has 1 unspecified atom stereocenters. The molecule has 0 aromatic heterocycles. The van der Waals surface area contributed by atoms with Crippen LogP contribution in [0.1, 0.15) is 52.9 Å². The number of nitrogens with one attached hydrogen (secondary N) is 1. The van der Waals surface area contributed by atoms with Gasteiger partial charge in [0, 0.05) is 13.1 Å². The standard InChI is InChI=1S/C14H26N2O2.ClH/c1-13(2,3)18-12(17)16-10-5-4-7-14(16)8-6-9-15-11-14;/h15H,4-11H2,1-3H3;1H. The third-order valence-corrected chi connectivity index (χ3v) is 3.91. The number of amides is 1. The van der Waals surface area contributed by atoms with Crippen LogP contribution in [0.5, 0.6) is 0 Å². The zero-order chi connectivity index (χ0) is 13.2. The maximum absolute atomic E-state index is 12.4. The number of hydrogen-bond acceptors (Lipinski definition) is 3. The van der Waals surface area contributed by atoms with Crippen LogP contribution in [0.3, 0.4) is 0 Å². The number of piperidine rings is 2. The van der Waals surface area contributed by atoms with Gasteiger partial charge >= 0.3 is 6.09 Å². The van der Waals surface area contributed by atoms with E-state index in [9.17, 15) is 4.79 Å². The Kier molecular flexibility index (Phi) is 5.51. The van der Waals surface area contributed by atoms with Crippen molar-refractivity contribution in [2.75, 3.05) is 19.6 Å². The Morgan fingerprint density at radius 1 is 1.21 bits per heavy atom. The molecule has 1 N–H and O–H groups in total. The van der Waals surface area contributed by atoms with Crippen molar-refractivity contribution in [3.05, 3.63) is 0 Å². The fraction of sp³-hybridized carbons (Fsp3) is 0.929. The van der Waals surface area contributed by atoms with Crippen LogP contribution >= 0.6 is 12.4 Å². The van der Waals surface area contributed by atoms with Crippen molar-refractivity contribution in [3.8, 4) is 0 Å². The molecular formula is C14H27ClN2O2. The largest absolute Gasteiger partial charge is 0.444 e. The highest BCUT2D eigenvalue weighted by Gasteiger charge is 2.43. The van der Waals surface area contributed by atoms with E-state index in [-0.39, 0.29) is 24.0 Å². The van der Waals surface area contributed by atoms with E-state index in [0.717, 1.165) is 45.3 Å². The van der Waals surface area contributed by atoms with Crippen LogP contribution in [-0.4, -0.2) is 41.8 Å². The van der Waals surface area contributed by atoms with E-state index < -0.39 is 5.60 Å². The van der Waals surface area contributed by atoms with Gasteiger partial charge in [0.2, 0.25) is 0 Å². The first-order valence-corrected chi connectivity index (χ1v) is 7.14. The smallest absolute Gasteiger partial charge is 0.410 e. The number of hydrogen-bond donors (Lipinski definition) is 1. The van der Waals surface area contributed by atoms with E-state index in [1.54, 1.807) is 0 Å². The van der Waals surface area contributed by atoms with Crippen molar-refractivity contribution in [3.63, 3.8) is 0 Å². The maximum Gasteiger partial charge on any atom is 0.410 e. The van der Waals surface area contributed by atoms with Gasteiger partial charge in [-0.3, -0.25) is 0 Å². The van der Waals surface area contributed by atoms with Crippen molar-refractivity contribution in [2.45, 2.75) is 64.0 Å². The molecule has 0 saturated carbocycles. The Morgan fingerprint density at radius 2 is 1.89 bits per heavy atom. The Balaban J connectivity index is 0.00000180. The van der Waals surface area contributed by atoms with Crippen LogP contribution in [0.4, 0.5) is 4.79 Å². The average Bonchev–Trinajstić information content (AvgIpc) is 2.28. The molecule has 112 valence electrons. The molecule has 2 saturated heterocycles. The van der Waals surface area contributed by atoms with Gasteiger partial charge in [-0.05, 0) is 59.4 Å². The summed E-state index contributed by atoms with van der Waals surface area (Å²) in [5, 5.41) is 3.44. The highest BCUT2D eigenvalue weighted by Crippen LogP contribution is 2.34. The van der Waals surface area contributed by atoms with Gasteiger partial charge < -0.3 is 15.0 Å². The normalized spacial score (nSPS) is 27.8. The number of rotatable bonds is 0. The van der Waals surface area contributed by atoms with E-state index >= 15 is 0 Å². The second kappa shape index (κ2) is 6.31. The highest BCUT2D eigenvalue weighted by atomic mass is 35.5. The number of halogens is 1. The van der Waals surface area contributed by atoms with Crippen molar-refractivity contribution in [1.82, 2.24) is 10.2 Å². The molecule has 0 radical (unpaired) electrons. The Labute approximate surface area is 122 Å². The van der Waals surface area contributed by atoms with Gasteiger partial charge in [-0.2, -0.15) is 0 Å². The quantitative estimate of drug-likeness (QED) is 0.746. The third-order valence-electron chi connectivity index (χ3n) is 3.91. The van der Waals surface area contributed by atoms with E-state index in [1.807, 2.05) is 25.7 Å². The monoisotopic (exact) mass is 290 g/mol. The molecule has 5 heteroatoms. The minimum atomic E-state index is -0.405. The van der Waals surface area contributed by atoms with Gasteiger partial charge in [-0.1, -0.05) is 0 Å². The van der Waals surface area contributed by atoms with Crippen LogP contribution < -0.4 is 5.32 Å². The minimum Gasteiger partial charge on any atom is -0.444 e. The van der Waals surface area contributed by atoms with E-state index in [0.29, 0.717) is 0 Å². The van der Waals surface area contributed by atoms with E-state index in [2.05, 4.69) is 5.32 Å². The molecular weight excluding hydrogens is 264 g/mol. The van der Waals surface area contributed by atoms with Crippen LogP contribution in [0.15, 0.2) is 0 Å². The molecule has 2 aliphatic heterocycles. The average molecular weight is 291 g/mol. The van der Waals surface area contributed by atoms with Crippen molar-refractivity contribution >= 4 is 18.5 Å². The summed E-state index contributed by atoms with van der Waals surface area (Å²) < 4.78 is 5.56. The second-order valence-corrected chi connectivity index (χ2v) is 6.59. The van der Waals surface area contributed by atoms with Gasteiger partial charge in [0.1, 0.15) is 5.60 Å². The van der Waals surface area contributed by atoms with Crippen molar-refractivity contribution < 1.29 is 9.53 Å². The van der Waals surface area contributed by atoms with Crippen LogP contribution in [0.25, 0.3) is 0 Å². The summed E-state index contributed by atoms with van der Waals surface area (Å²) in [5.74, 6) is 0. The van der Waals surface area contributed by atoms with Crippen molar-refractivity contribution in [2.24, 2.45) is 0 Å². The number of likely N-dealkylation sites (tertiary alicyclic amines) is 1. The lowest BCUT2D eigenvalue weighted by molar-refractivity contribution is -0.0228. The molecule has 2 rings (SSSR count). The summed E-state index contributed by atoms with van der Waals surface area (Å²) in [6, 6.07) is 0. The number of ether oxygens (including phenoxy) is 1. The molecule has 2 fully saturated rings. The third kappa shape index (κ3) is 3.99. The van der Waals surface area contributed by atoms with Crippen molar-refractivity contribution in [1.29, 1.82) is 0 Å². The molecule has 19 heavy (non-hydrogen) atoms. The first kappa shape index (κ1) is 16.6. The Bertz CT molecular complexity index is 301. The van der Waals surface area contributed by atoms with Crippen LogP contribution in [0.2, 0.25) is 0 Å². The lowest BCUT2D eigenvalue weighted by Crippen LogP contribution is -2.62. The predicted octanol–water partition coefficient (Wildman–Crippen LogP) is 2.95. The second-order valence-electron chi connectivity index (χ2n) is 6.59. The molecule has 2 aliphatic rings. The maximum atomic E-state index is 12.4. The van der Waals surface area contributed by atoms with E-state index in [4.69, 9.17) is 4.74 Å². The summed E-state index contributed by atoms with van der Waals surface area (Å²) in [6.07, 6.45) is 5.56. The zero-order valence-corrected chi connectivity index (χ0v) is 13.1. The molecule has 0 aromatic carbocycles. The zero-order valence-electron chi connectivity index (χ0n) is 12.3. The minimum absolute atomic E-state index is 0. The van der Waals surface area contributed by atoms with Gasteiger partial charge in [0.25, 0.3) is 0 Å². The summed E-state index contributed by atoms with van der Waals surface area (Å²) >= 11 is 0. The summed E-state index contributed by atoms with van der Waals surface area (Å²) in [4.78, 5) is 14.4. The lowest BCUT2D eigenvalue weighted by Gasteiger charge is -2.49. The first-order chi connectivity index (χ1) is 8.43. The highest BCUT2D eigenvalue weighted by molar-refractivity contribution is 5.85. The topological polar surface area (TPSA) is 41.6 Å². The Hall–Kier alpha value is -0.480. The van der Waals surface area contributed by atoms with Gasteiger partial charge in [-0.15, -0.1) is 12.4 Å². The van der Waals surface area contributed by atoms with Crippen LogP contribution in [0, 0.1) is 0 Å². The van der Waals surface area contributed by atoms with Gasteiger partial charge in [0.15, 0.2) is 0 Å². The SMILES string of the molecule is CC(C)(C)OC(=O)N1CCCCC12CCCNC2.Cl.